The van der Waals surface area contributed by atoms with Crippen LogP contribution in [0.2, 0.25) is 0 Å². The number of benzene rings is 2. The molecule has 16 heavy (non-hydrogen) atoms. The number of phenolic OH excluding ortho intramolecular Hbond substituents is 1. The number of aromatic hydroxyl groups is 1. The normalized spacial score (nSPS) is 10.4. The van der Waals surface area contributed by atoms with Crippen LogP contribution < -0.4 is 0 Å². The van der Waals surface area contributed by atoms with Crippen LogP contribution in [0.25, 0.3) is 11.1 Å². The molecule has 0 saturated carbocycles. The van der Waals surface area contributed by atoms with Crippen molar-refractivity contribution >= 4 is 0 Å². The van der Waals surface area contributed by atoms with Crippen LogP contribution in [0.5, 0.6) is 5.75 Å². The van der Waals surface area contributed by atoms with Crippen LogP contribution >= 0.6 is 0 Å². The molecule has 2 aromatic carbocycles. The Hall–Kier alpha value is -1.90. The molecule has 0 aliphatic rings. The fourth-order valence-corrected chi connectivity index (χ4v) is 1.62. The lowest BCUT2D eigenvalue weighted by molar-refractivity contribution is 0.396. The quantitative estimate of drug-likeness (QED) is 0.777. The summed E-state index contributed by atoms with van der Waals surface area (Å²) in [5.41, 5.74) is 2.10. The summed E-state index contributed by atoms with van der Waals surface area (Å²) in [6.45, 7) is 1.86. The third-order valence-electron chi connectivity index (χ3n) is 2.47. The molecule has 0 aromatic heterocycles. The summed E-state index contributed by atoms with van der Waals surface area (Å²) < 4.78 is 26.3. The van der Waals surface area contributed by atoms with Gasteiger partial charge in [0.15, 0.2) is 17.4 Å². The molecule has 2 rings (SSSR count). The predicted octanol–water partition coefficient (Wildman–Crippen LogP) is 3.65. The van der Waals surface area contributed by atoms with Gasteiger partial charge < -0.3 is 5.11 Å². The second-order valence-electron chi connectivity index (χ2n) is 3.60. The van der Waals surface area contributed by atoms with E-state index in [0.717, 1.165) is 23.3 Å². The molecule has 0 bridgehead atoms. The van der Waals surface area contributed by atoms with Crippen LogP contribution in [-0.2, 0) is 0 Å². The lowest BCUT2D eigenvalue weighted by Crippen LogP contribution is -1.88. The first-order valence-electron chi connectivity index (χ1n) is 4.83. The highest BCUT2D eigenvalue weighted by Gasteiger charge is 2.11. The zero-order valence-corrected chi connectivity index (χ0v) is 8.67. The van der Waals surface area contributed by atoms with Gasteiger partial charge in [-0.1, -0.05) is 24.3 Å². The summed E-state index contributed by atoms with van der Waals surface area (Å²) in [6.07, 6.45) is 0. The van der Waals surface area contributed by atoms with E-state index >= 15 is 0 Å². The van der Waals surface area contributed by atoms with Crippen molar-refractivity contribution in [2.45, 2.75) is 6.92 Å². The van der Waals surface area contributed by atoms with Crippen molar-refractivity contribution < 1.29 is 13.9 Å². The summed E-state index contributed by atoms with van der Waals surface area (Å²) in [6, 6.07) is 9.54. The SMILES string of the molecule is Cc1ccccc1-c1cc(F)c(O)c(F)c1. The highest BCUT2D eigenvalue weighted by atomic mass is 19.1. The number of phenols is 1. The van der Waals surface area contributed by atoms with Gasteiger partial charge in [-0.05, 0) is 35.7 Å². The molecule has 0 atom stereocenters. The molecule has 0 heterocycles. The van der Waals surface area contributed by atoms with Gasteiger partial charge in [0.2, 0.25) is 0 Å². The first-order chi connectivity index (χ1) is 7.59. The molecule has 0 fully saturated rings. The summed E-state index contributed by atoms with van der Waals surface area (Å²) in [7, 11) is 0. The Labute approximate surface area is 92.0 Å². The van der Waals surface area contributed by atoms with Gasteiger partial charge in [0.1, 0.15) is 0 Å². The molecule has 1 nitrogen and oxygen atoms in total. The van der Waals surface area contributed by atoms with Crippen molar-refractivity contribution in [3.05, 3.63) is 53.6 Å². The zero-order chi connectivity index (χ0) is 11.7. The molecule has 0 saturated heterocycles. The second-order valence-corrected chi connectivity index (χ2v) is 3.60. The van der Waals surface area contributed by atoms with Gasteiger partial charge in [-0.25, -0.2) is 8.78 Å². The monoisotopic (exact) mass is 220 g/mol. The molecule has 0 spiro atoms. The van der Waals surface area contributed by atoms with Gasteiger partial charge in [0.25, 0.3) is 0 Å². The molecule has 3 heteroatoms. The molecule has 1 N–H and O–H groups in total. The van der Waals surface area contributed by atoms with Crippen LogP contribution in [0, 0.1) is 18.6 Å². The van der Waals surface area contributed by atoms with Crippen LogP contribution in [-0.4, -0.2) is 5.11 Å². The van der Waals surface area contributed by atoms with Crippen LogP contribution in [0.4, 0.5) is 8.78 Å². The van der Waals surface area contributed by atoms with E-state index in [4.69, 9.17) is 5.11 Å². The fraction of sp³-hybridized carbons (Fsp3) is 0.0769. The van der Waals surface area contributed by atoms with Crippen molar-refractivity contribution in [2.24, 2.45) is 0 Å². The van der Waals surface area contributed by atoms with Gasteiger partial charge in [0, 0.05) is 0 Å². The molecule has 0 amide bonds. The number of hydrogen-bond donors (Lipinski definition) is 1. The van der Waals surface area contributed by atoms with Crippen LogP contribution in [0.3, 0.4) is 0 Å². The van der Waals surface area contributed by atoms with E-state index in [-0.39, 0.29) is 0 Å². The Bertz CT molecular complexity index is 512. The van der Waals surface area contributed by atoms with E-state index in [1.54, 1.807) is 12.1 Å². The zero-order valence-electron chi connectivity index (χ0n) is 8.67. The van der Waals surface area contributed by atoms with Crippen LogP contribution in [0.1, 0.15) is 5.56 Å². The van der Waals surface area contributed by atoms with Gasteiger partial charge in [-0.2, -0.15) is 0 Å². The Morgan fingerprint density at radius 2 is 1.56 bits per heavy atom. The molecular formula is C13H10F2O. The maximum absolute atomic E-state index is 13.2. The average Bonchev–Trinajstić information content (AvgIpc) is 2.26. The first-order valence-corrected chi connectivity index (χ1v) is 4.83. The molecule has 2 aromatic rings. The first kappa shape index (κ1) is 10.6. The number of aryl methyl sites for hydroxylation is 1. The third kappa shape index (κ3) is 1.76. The summed E-state index contributed by atoms with van der Waals surface area (Å²) in [4.78, 5) is 0. The smallest absolute Gasteiger partial charge is 0.187 e. The highest BCUT2D eigenvalue weighted by molar-refractivity contribution is 5.67. The van der Waals surface area contributed by atoms with Crippen molar-refractivity contribution in [3.8, 4) is 16.9 Å². The summed E-state index contributed by atoms with van der Waals surface area (Å²) >= 11 is 0. The molecule has 0 radical (unpaired) electrons. The van der Waals surface area contributed by atoms with Crippen LogP contribution in [0.15, 0.2) is 36.4 Å². The van der Waals surface area contributed by atoms with E-state index in [2.05, 4.69) is 0 Å². The lowest BCUT2D eigenvalue weighted by atomic mass is 10.0. The fourth-order valence-electron chi connectivity index (χ4n) is 1.62. The Morgan fingerprint density at radius 1 is 1.00 bits per heavy atom. The van der Waals surface area contributed by atoms with Gasteiger partial charge in [-0.3, -0.25) is 0 Å². The van der Waals surface area contributed by atoms with Crippen molar-refractivity contribution in [1.29, 1.82) is 0 Å². The third-order valence-corrected chi connectivity index (χ3v) is 2.47. The topological polar surface area (TPSA) is 20.2 Å². The lowest BCUT2D eigenvalue weighted by Gasteiger charge is -2.07. The van der Waals surface area contributed by atoms with Crippen molar-refractivity contribution in [3.63, 3.8) is 0 Å². The van der Waals surface area contributed by atoms with E-state index in [0.29, 0.717) is 5.56 Å². The van der Waals surface area contributed by atoms with E-state index in [1.165, 1.54) is 0 Å². The Balaban J connectivity index is 2.62. The van der Waals surface area contributed by atoms with E-state index in [9.17, 15) is 8.78 Å². The minimum Gasteiger partial charge on any atom is -0.503 e. The molecule has 0 aliphatic heterocycles. The second kappa shape index (κ2) is 3.93. The Morgan fingerprint density at radius 3 is 2.12 bits per heavy atom. The summed E-state index contributed by atoms with van der Waals surface area (Å²) in [5.74, 6) is -2.83. The predicted molar refractivity (Wildman–Crippen MR) is 58.2 cm³/mol. The van der Waals surface area contributed by atoms with E-state index in [1.807, 2.05) is 19.1 Å². The van der Waals surface area contributed by atoms with Crippen molar-refractivity contribution in [1.82, 2.24) is 0 Å². The molecule has 0 aliphatic carbocycles. The number of rotatable bonds is 1. The number of halogens is 2. The van der Waals surface area contributed by atoms with Gasteiger partial charge in [0.05, 0.1) is 0 Å². The standard InChI is InChI=1S/C13H10F2O/c1-8-4-2-3-5-10(8)9-6-11(14)13(16)12(15)7-9/h2-7,16H,1H3. The van der Waals surface area contributed by atoms with Gasteiger partial charge in [-0.15, -0.1) is 0 Å². The number of hydrogen-bond acceptors (Lipinski definition) is 1. The minimum absolute atomic E-state index is 0.422. The maximum Gasteiger partial charge on any atom is 0.187 e. The molecule has 82 valence electrons. The summed E-state index contributed by atoms with van der Waals surface area (Å²) in [5, 5.41) is 9.00. The van der Waals surface area contributed by atoms with Crippen molar-refractivity contribution in [2.75, 3.05) is 0 Å². The van der Waals surface area contributed by atoms with E-state index < -0.39 is 17.4 Å². The Kier molecular flexibility index (Phi) is 2.60. The molecular weight excluding hydrogens is 210 g/mol. The van der Waals surface area contributed by atoms with Gasteiger partial charge >= 0.3 is 0 Å². The maximum atomic E-state index is 13.2. The average molecular weight is 220 g/mol. The minimum atomic E-state index is -0.946. The molecule has 0 unspecified atom stereocenters. The highest BCUT2D eigenvalue weighted by Crippen LogP contribution is 2.29. The largest absolute Gasteiger partial charge is 0.503 e.